The second-order valence-electron chi connectivity index (χ2n) is 5.95. The molecule has 1 heterocycles. The first-order chi connectivity index (χ1) is 13.3. The minimum atomic E-state index is -3.88. The van der Waals surface area contributed by atoms with Crippen molar-refractivity contribution in [1.29, 1.82) is 0 Å². The normalized spacial score (nSPS) is 12.5. The largest absolute Gasteiger partial charge is 0.458 e. The number of sulfonamides is 1. The fourth-order valence-electron chi connectivity index (χ4n) is 2.35. The van der Waals surface area contributed by atoms with E-state index in [2.05, 4.69) is 9.88 Å². The van der Waals surface area contributed by atoms with Crippen molar-refractivity contribution < 1.29 is 22.5 Å². The number of benzene rings is 2. The summed E-state index contributed by atoms with van der Waals surface area (Å²) in [6.45, 7) is 1.26. The molecule has 0 saturated heterocycles. The lowest BCUT2D eigenvalue weighted by atomic mass is 10.2. The van der Waals surface area contributed by atoms with Gasteiger partial charge in [0, 0.05) is 16.7 Å². The van der Waals surface area contributed by atoms with E-state index in [1.54, 1.807) is 6.07 Å². The van der Waals surface area contributed by atoms with Gasteiger partial charge in [-0.1, -0.05) is 47.1 Å². The van der Waals surface area contributed by atoms with Gasteiger partial charge in [0.2, 0.25) is 10.0 Å². The molecule has 0 spiro atoms. The predicted molar refractivity (Wildman–Crippen MR) is 103 cm³/mol. The molecule has 0 radical (unpaired) electrons. The molecule has 0 aliphatic carbocycles. The maximum atomic E-state index is 12.3. The van der Waals surface area contributed by atoms with Gasteiger partial charge in [0.05, 0.1) is 4.90 Å². The number of hydrogen-bond donors (Lipinski definition) is 1. The zero-order valence-electron chi connectivity index (χ0n) is 14.8. The Kier molecular flexibility index (Phi) is 6.13. The van der Waals surface area contributed by atoms with Crippen LogP contribution in [0.25, 0.3) is 11.3 Å². The van der Waals surface area contributed by atoms with Gasteiger partial charge in [0.25, 0.3) is 0 Å². The van der Waals surface area contributed by atoms with Crippen molar-refractivity contribution in [1.82, 2.24) is 9.88 Å². The van der Waals surface area contributed by atoms with Crippen molar-refractivity contribution in [2.24, 2.45) is 0 Å². The zero-order valence-corrected chi connectivity index (χ0v) is 16.4. The van der Waals surface area contributed by atoms with Gasteiger partial charge >= 0.3 is 5.97 Å². The molecular formula is C19H17ClN2O5S. The summed E-state index contributed by atoms with van der Waals surface area (Å²) in [5, 5.41) is 4.26. The number of nitrogens with one attached hydrogen (secondary N) is 1. The summed E-state index contributed by atoms with van der Waals surface area (Å²) in [4.78, 5) is 12.1. The molecule has 0 saturated carbocycles. The van der Waals surface area contributed by atoms with Crippen molar-refractivity contribution in [2.45, 2.75) is 24.5 Å². The average Bonchev–Trinajstić information content (AvgIpc) is 3.16. The number of halogens is 1. The van der Waals surface area contributed by atoms with E-state index in [0.29, 0.717) is 16.5 Å². The maximum absolute atomic E-state index is 12.3. The molecule has 0 unspecified atom stereocenters. The molecule has 146 valence electrons. The third-order valence-electron chi connectivity index (χ3n) is 3.79. The lowest BCUT2D eigenvalue weighted by Crippen LogP contribution is -2.39. The summed E-state index contributed by atoms with van der Waals surface area (Å²) in [5.74, 6) is -0.190. The van der Waals surface area contributed by atoms with E-state index < -0.39 is 22.0 Å². The number of carbonyl (C=O) groups excluding carboxylic acids is 1. The number of rotatable bonds is 7. The smallest absolute Gasteiger partial charge is 0.324 e. The second-order valence-corrected chi connectivity index (χ2v) is 8.10. The monoisotopic (exact) mass is 420 g/mol. The Balaban J connectivity index is 1.57. The molecule has 3 rings (SSSR count). The van der Waals surface area contributed by atoms with Crippen LogP contribution < -0.4 is 4.72 Å². The first-order valence-corrected chi connectivity index (χ1v) is 10.2. The molecule has 3 aromatic rings. The van der Waals surface area contributed by atoms with Crippen molar-refractivity contribution >= 4 is 27.6 Å². The topological polar surface area (TPSA) is 98.5 Å². The number of aromatic nitrogens is 1. The summed E-state index contributed by atoms with van der Waals surface area (Å²) in [6.07, 6.45) is 0. The van der Waals surface area contributed by atoms with Crippen molar-refractivity contribution in [2.75, 3.05) is 0 Å². The third-order valence-corrected chi connectivity index (χ3v) is 5.60. The molecule has 0 fully saturated rings. The molecule has 9 heteroatoms. The van der Waals surface area contributed by atoms with Crippen LogP contribution in [0.5, 0.6) is 0 Å². The molecule has 0 bridgehead atoms. The number of nitrogens with zero attached hydrogens (tertiary/aromatic N) is 1. The highest BCUT2D eigenvalue weighted by atomic mass is 35.5. The van der Waals surface area contributed by atoms with Gasteiger partial charge in [0.15, 0.2) is 5.76 Å². The second kappa shape index (κ2) is 8.55. The van der Waals surface area contributed by atoms with Crippen LogP contribution >= 0.6 is 11.6 Å². The van der Waals surface area contributed by atoms with Crippen molar-refractivity contribution in [3.63, 3.8) is 0 Å². The van der Waals surface area contributed by atoms with Gasteiger partial charge in [-0.05, 0) is 31.2 Å². The Morgan fingerprint density at radius 3 is 2.54 bits per heavy atom. The molecule has 28 heavy (non-hydrogen) atoms. The Hall–Kier alpha value is -2.68. The van der Waals surface area contributed by atoms with Gasteiger partial charge in [-0.15, -0.1) is 0 Å². The SMILES string of the molecule is C[C@H](NS(=O)(=O)c1ccc(Cl)cc1)C(=O)OCc1cc(-c2ccccc2)on1. The van der Waals surface area contributed by atoms with Crippen molar-refractivity contribution in [3.05, 3.63) is 71.4 Å². The van der Waals surface area contributed by atoms with Crippen LogP contribution in [-0.2, 0) is 26.2 Å². The van der Waals surface area contributed by atoms with Gasteiger partial charge in [-0.3, -0.25) is 4.79 Å². The molecule has 0 amide bonds. The Labute approximate surface area is 167 Å². The minimum Gasteiger partial charge on any atom is -0.458 e. The Bertz CT molecular complexity index is 1050. The van der Waals surface area contributed by atoms with Gasteiger partial charge in [-0.25, -0.2) is 8.42 Å². The zero-order chi connectivity index (χ0) is 20.1. The van der Waals surface area contributed by atoms with E-state index in [0.717, 1.165) is 5.56 Å². The summed E-state index contributed by atoms with van der Waals surface area (Å²) in [7, 11) is -3.88. The fourth-order valence-corrected chi connectivity index (χ4v) is 3.67. The summed E-state index contributed by atoms with van der Waals surface area (Å²) in [5.41, 5.74) is 1.26. The lowest BCUT2D eigenvalue weighted by molar-refractivity contribution is -0.146. The molecule has 0 aliphatic rings. The van der Waals surface area contributed by atoms with Crippen LogP contribution in [0.15, 0.2) is 70.1 Å². The van der Waals surface area contributed by atoms with Crippen LogP contribution in [0.3, 0.4) is 0 Å². The number of ether oxygens (including phenoxy) is 1. The van der Waals surface area contributed by atoms with E-state index in [1.807, 2.05) is 30.3 Å². The van der Waals surface area contributed by atoms with Gasteiger partial charge < -0.3 is 9.26 Å². The van der Waals surface area contributed by atoms with Crippen LogP contribution in [0, 0.1) is 0 Å². The fraction of sp³-hybridized carbons (Fsp3) is 0.158. The minimum absolute atomic E-state index is 0.000513. The standard InChI is InChI=1S/C19H17ClN2O5S/c1-13(22-28(24,25)17-9-7-15(20)8-10-17)19(23)26-12-16-11-18(27-21-16)14-5-3-2-4-6-14/h2-11,13,22H,12H2,1H3/t13-/m0/s1. The van der Waals surface area contributed by atoms with E-state index in [-0.39, 0.29) is 11.5 Å². The Morgan fingerprint density at radius 2 is 1.86 bits per heavy atom. The van der Waals surface area contributed by atoms with Gasteiger partial charge in [0.1, 0.15) is 18.3 Å². The van der Waals surface area contributed by atoms with E-state index >= 15 is 0 Å². The number of esters is 1. The Morgan fingerprint density at radius 1 is 1.18 bits per heavy atom. The maximum Gasteiger partial charge on any atom is 0.324 e. The lowest BCUT2D eigenvalue weighted by Gasteiger charge is -2.13. The number of carbonyl (C=O) groups is 1. The first-order valence-electron chi connectivity index (χ1n) is 8.31. The molecule has 1 aromatic heterocycles. The van der Waals surface area contributed by atoms with Crippen LogP contribution in [-0.4, -0.2) is 25.6 Å². The van der Waals surface area contributed by atoms with Crippen LogP contribution in [0.4, 0.5) is 0 Å². The molecular weight excluding hydrogens is 404 g/mol. The number of hydrogen-bond acceptors (Lipinski definition) is 6. The van der Waals surface area contributed by atoms with Crippen LogP contribution in [0.2, 0.25) is 5.02 Å². The summed E-state index contributed by atoms with van der Waals surface area (Å²) < 4.78 is 37.2. The van der Waals surface area contributed by atoms with E-state index in [9.17, 15) is 13.2 Å². The predicted octanol–water partition coefficient (Wildman–Crippen LogP) is 3.41. The summed E-state index contributed by atoms with van der Waals surface area (Å²) >= 11 is 5.76. The highest BCUT2D eigenvalue weighted by Crippen LogP contribution is 2.20. The first kappa shape index (κ1) is 20.1. The third kappa shape index (κ3) is 4.98. The molecule has 7 nitrogen and oxygen atoms in total. The molecule has 0 aliphatic heterocycles. The average molecular weight is 421 g/mol. The highest BCUT2D eigenvalue weighted by molar-refractivity contribution is 7.89. The molecule has 2 aromatic carbocycles. The highest BCUT2D eigenvalue weighted by Gasteiger charge is 2.23. The molecule has 1 N–H and O–H groups in total. The summed E-state index contributed by atoms with van der Waals surface area (Å²) in [6, 6.07) is 15.5. The van der Waals surface area contributed by atoms with Crippen molar-refractivity contribution in [3.8, 4) is 11.3 Å². The van der Waals surface area contributed by atoms with E-state index in [1.165, 1.54) is 31.2 Å². The van der Waals surface area contributed by atoms with Crippen LogP contribution in [0.1, 0.15) is 12.6 Å². The molecule has 1 atom stereocenters. The quantitative estimate of drug-likeness (QED) is 0.588. The van der Waals surface area contributed by atoms with Gasteiger partial charge in [-0.2, -0.15) is 4.72 Å². The van der Waals surface area contributed by atoms with E-state index in [4.69, 9.17) is 20.9 Å².